The SMILES string of the molecule is CN1/C(=C/C=C/C2=[N+](C)c3ccc4cc([As]5SCCS5)ccc4c3C2(C)C)C(C)(C)c2c1ccc1cc([As]3SCCS3)ccc21. The van der Waals surface area contributed by atoms with Crippen LogP contribution >= 0.6 is 40.1 Å². The van der Waals surface area contributed by atoms with E-state index in [2.05, 4.69) is 170 Å². The van der Waals surface area contributed by atoms with Crippen LogP contribution in [-0.2, 0) is 10.8 Å². The van der Waals surface area contributed by atoms with Gasteiger partial charge in [0.1, 0.15) is 0 Å². The van der Waals surface area contributed by atoms with Crippen LogP contribution in [0.1, 0.15) is 38.8 Å². The predicted molar refractivity (Wildman–Crippen MR) is 211 cm³/mol. The second-order valence-electron chi connectivity index (χ2n) is 13.2. The zero-order chi connectivity index (χ0) is 31.1. The third-order valence-corrected chi connectivity index (χ3v) is 37.3. The summed E-state index contributed by atoms with van der Waals surface area (Å²) in [5.74, 6) is 5.29. The Kier molecular flexibility index (Phi) is 8.16. The van der Waals surface area contributed by atoms with E-state index < -0.39 is 24.7 Å². The average molecular weight is 790 g/mol. The second kappa shape index (κ2) is 11.8. The Balaban J connectivity index is 1.12. The van der Waals surface area contributed by atoms with Gasteiger partial charge in [0.15, 0.2) is 0 Å². The molecular weight excluding hydrogens is 751 g/mol. The normalized spacial score (nSPS) is 22.2. The molecule has 0 saturated carbocycles. The van der Waals surface area contributed by atoms with E-state index in [4.69, 9.17) is 0 Å². The minimum atomic E-state index is -0.992. The minimum absolute atomic E-state index is 0.0810. The van der Waals surface area contributed by atoms with Gasteiger partial charge in [-0.2, -0.15) is 0 Å². The summed E-state index contributed by atoms with van der Waals surface area (Å²) in [5.41, 5.74) is 8.14. The molecule has 0 aromatic heterocycles. The third kappa shape index (κ3) is 5.07. The van der Waals surface area contributed by atoms with Crippen molar-refractivity contribution in [2.24, 2.45) is 0 Å². The van der Waals surface area contributed by atoms with Gasteiger partial charge in [-0.3, -0.25) is 0 Å². The number of likely N-dealkylation sites (N-methyl/N-ethyl adjacent to an activating group) is 1. The monoisotopic (exact) mass is 789 g/mol. The summed E-state index contributed by atoms with van der Waals surface area (Å²) < 4.78 is 5.63. The van der Waals surface area contributed by atoms with Crippen molar-refractivity contribution in [2.45, 2.75) is 38.5 Å². The molecule has 230 valence electrons. The molecule has 0 spiro atoms. The first-order chi connectivity index (χ1) is 21.7. The number of anilines is 1. The average Bonchev–Trinajstić information content (AvgIpc) is 3.83. The van der Waals surface area contributed by atoms with Crippen molar-refractivity contribution < 1.29 is 4.58 Å². The van der Waals surface area contributed by atoms with Crippen molar-refractivity contribution in [3.8, 4) is 0 Å². The maximum atomic E-state index is 2.50. The summed E-state index contributed by atoms with van der Waals surface area (Å²) in [4.78, 5) is 2.42. The standard InChI is InChI=1S/C37H39As2N2S4/c1-36(2)32(40(5)30-16-10-24-22-26(38-42-18-19-43-38)12-14-28(24)34(30)36)8-7-9-33-37(3,4)35-29-15-13-27(39-44-20-21-45-39)23-25(29)11-17-31(35)41(33)6/h7-17,22-23H,18-21H2,1-6H3/q+1. The van der Waals surface area contributed by atoms with Gasteiger partial charge >= 0.3 is 293 Å². The van der Waals surface area contributed by atoms with Gasteiger partial charge in [-0.05, 0) is 0 Å². The zero-order valence-electron chi connectivity index (χ0n) is 26.8. The van der Waals surface area contributed by atoms with E-state index in [1.165, 1.54) is 78.5 Å². The molecule has 0 bridgehead atoms. The molecule has 8 rings (SSSR count). The first-order valence-electron chi connectivity index (χ1n) is 15.7. The van der Waals surface area contributed by atoms with Gasteiger partial charge in [-0.25, -0.2) is 0 Å². The van der Waals surface area contributed by atoms with Crippen molar-refractivity contribution in [1.29, 1.82) is 0 Å². The van der Waals surface area contributed by atoms with Crippen molar-refractivity contribution in [2.75, 3.05) is 42.0 Å². The first kappa shape index (κ1) is 31.2. The Morgan fingerprint density at radius 2 is 1.27 bits per heavy atom. The number of fused-ring (bicyclic) bond motifs is 6. The summed E-state index contributed by atoms with van der Waals surface area (Å²) in [6.07, 6.45) is 7.04. The van der Waals surface area contributed by atoms with E-state index in [0.29, 0.717) is 0 Å². The molecule has 8 heteroatoms. The van der Waals surface area contributed by atoms with Crippen LogP contribution in [0.5, 0.6) is 0 Å². The van der Waals surface area contributed by atoms with Crippen LogP contribution in [0.15, 0.2) is 84.6 Å². The van der Waals surface area contributed by atoms with E-state index in [9.17, 15) is 0 Å². The second-order valence-corrected chi connectivity index (χ2v) is 36.7. The van der Waals surface area contributed by atoms with Crippen LogP contribution < -0.4 is 13.6 Å². The van der Waals surface area contributed by atoms with Gasteiger partial charge in [-0.1, -0.05) is 0 Å². The van der Waals surface area contributed by atoms with Crippen molar-refractivity contribution in [1.82, 2.24) is 0 Å². The van der Waals surface area contributed by atoms with Gasteiger partial charge in [-0.15, -0.1) is 0 Å². The van der Waals surface area contributed by atoms with E-state index in [1.807, 2.05) is 0 Å². The van der Waals surface area contributed by atoms with Crippen molar-refractivity contribution in [3.05, 3.63) is 95.7 Å². The van der Waals surface area contributed by atoms with E-state index in [0.717, 1.165) is 0 Å². The molecule has 4 heterocycles. The van der Waals surface area contributed by atoms with Gasteiger partial charge < -0.3 is 0 Å². The molecule has 4 aliphatic heterocycles. The molecule has 0 amide bonds. The molecule has 45 heavy (non-hydrogen) atoms. The van der Waals surface area contributed by atoms with E-state index >= 15 is 0 Å². The summed E-state index contributed by atoms with van der Waals surface area (Å²) in [6.45, 7) is 9.61. The number of hydrogen-bond acceptors (Lipinski definition) is 5. The van der Waals surface area contributed by atoms with Crippen LogP contribution in [0.2, 0.25) is 0 Å². The molecule has 0 unspecified atom stereocenters. The third-order valence-electron chi connectivity index (χ3n) is 9.87. The molecule has 2 fully saturated rings. The Morgan fingerprint density at radius 1 is 0.711 bits per heavy atom. The van der Waals surface area contributed by atoms with Crippen LogP contribution in [0.4, 0.5) is 11.4 Å². The Morgan fingerprint density at radius 3 is 1.87 bits per heavy atom. The number of nitrogens with zero attached hydrogens (tertiary/aromatic N) is 2. The summed E-state index contributed by atoms with van der Waals surface area (Å²) in [7, 11) is 13.4. The van der Waals surface area contributed by atoms with Gasteiger partial charge in [0.2, 0.25) is 0 Å². The number of allylic oxidation sites excluding steroid dienone is 4. The number of rotatable bonds is 4. The molecule has 2 nitrogen and oxygen atoms in total. The van der Waals surface area contributed by atoms with Crippen LogP contribution in [0, 0.1) is 0 Å². The van der Waals surface area contributed by atoms with Gasteiger partial charge in [0, 0.05) is 0 Å². The Hall–Kier alpha value is -1.13. The molecule has 0 atom stereocenters. The van der Waals surface area contributed by atoms with E-state index in [-0.39, 0.29) is 10.8 Å². The molecule has 0 N–H and O–H groups in total. The molecule has 0 aliphatic carbocycles. The fourth-order valence-electron chi connectivity index (χ4n) is 7.79. The van der Waals surface area contributed by atoms with Gasteiger partial charge in [0.05, 0.1) is 0 Å². The van der Waals surface area contributed by atoms with Crippen molar-refractivity contribution in [3.63, 3.8) is 0 Å². The molecule has 4 aromatic carbocycles. The fraction of sp³-hybridized carbons (Fsp3) is 0.324. The van der Waals surface area contributed by atoms with Crippen LogP contribution in [-0.4, -0.2) is 72.1 Å². The van der Waals surface area contributed by atoms with Crippen LogP contribution in [0.3, 0.4) is 0 Å². The first-order valence-corrected chi connectivity index (χ1v) is 30.5. The van der Waals surface area contributed by atoms with Crippen LogP contribution in [0.25, 0.3) is 21.5 Å². The fourth-order valence-corrected chi connectivity index (χ4v) is 36.1. The van der Waals surface area contributed by atoms with E-state index in [1.54, 1.807) is 8.70 Å². The summed E-state index contributed by atoms with van der Waals surface area (Å²) in [5, 5.41) is 5.62. The molecular formula is C37H39As2N2S4+. The zero-order valence-corrected chi connectivity index (χ0v) is 33.8. The number of benzene rings is 4. The maximum absolute atomic E-state index is 2.50. The summed E-state index contributed by atoms with van der Waals surface area (Å²) in [6, 6.07) is 24.2. The molecule has 4 aromatic rings. The topological polar surface area (TPSA) is 6.25 Å². The molecule has 0 radical (unpaired) electrons. The summed E-state index contributed by atoms with van der Waals surface area (Å²) >= 11 is -1.98. The predicted octanol–water partition coefficient (Wildman–Crippen LogP) is 8.22. The number of hydrogen-bond donors (Lipinski definition) is 0. The molecule has 4 aliphatic rings. The Bertz CT molecular complexity index is 1970. The quantitative estimate of drug-likeness (QED) is 0.152. The van der Waals surface area contributed by atoms with Gasteiger partial charge in [0.25, 0.3) is 0 Å². The van der Waals surface area contributed by atoms with Crippen molar-refractivity contribution >= 4 is 112 Å². The molecule has 2 saturated heterocycles. The Labute approximate surface area is 290 Å².